The highest BCUT2D eigenvalue weighted by Gasteiger charge is 2.57. The van der Waals surface area contributed by atoms with Gasteiger partial charge in [-0.15, -0.1) is 5.10 Å². The molecule has 10 nitrogen and oxygen atoms in total. The lowest BCUT2D eigenvalue weighted by Crippen LogP contribution is -2.50. The van der Waals surface area contributed by atoms with Gasteiger partial charge in [0, 0.05) is 38.0 Å². The van der Waals surface area contributed by atoms with Crippen LogP contribution in [0, 0.1) is 34.5 Å². The van der Waals surface area contributed by atoms with Crippen LogP contribution in [0.15, 0.2) is 78.6 Å². The summed E-state index contributed by atoms with van der Waals surface area (Å²) in [7, 11) is 0. The molecule has 2 saturated carbocycles. The zero-order valence-electron chi connectivity index (χ0n) is 34.3. The second-order valence-electron chi connectivity index (χ2n) is 18.6. The van der Waals surface area contributed by atoms with Crippen LogP contribution in [0.3, 0.4) is 0 Å². The number of aromatic hydroxyl groups is 3. The minimum absolute atomic E-state index is 0.0102. The summed E-state index contributed by atoms with van der Waals surface area (Å²) in [5, 5.41) is 39.7. The first-order valence-electron chi connectivity index (χ1n) is 21.5. The number of phenolic OH excluding ortho intramolecular Hbond substituents is 2. The minimum atomic E-state index is -0.290. The van der Waals surface area contributed by atoms with Crippen molar-refractivity contribution in [3.8, 4) is 34.6 Å². The van der Waals surface area contributed by atoms with Crippen LogP contribution >= 0.6 is 0 Å². The third kappa shape index (κ3) is 6.66. The van der Waals surface area contributed by atoms with E-state index in [-0.39, 0.29) is 52.3 Å². The molecule has 6 atom stereocenters. The maximum atomic E-state index is 13.5. The van der Waals surface area contributed by atoms with Gasteiger partial charge in [0.1, 0.15) is 17.6 Å². The number of amides is 1. The van der Waals surface area contributed by atoms with Gasteiger partial charge < -0.3 is 25.0 Å². The highest BCUT2D eigenvalue weighted by molar-refractivity contribution is 5.73. The van der Waals surface area contributed by atoms with Crippen molar-refractivity contribution in [2.45, 2.75) is 104 Å². The number of ether oxygens (including phenoxy) is 1. The third-order valence-corrected chi connectivity index (χ3v) is 15.1. The fraction of sp³-hybridized carbons (Fsp3) is 0.500. The van der Waals surface area contributed by atoms with E-state index in [4.69, 9.17) is 4.74 Å². The van der Waals surface area contributed by atoms with Gasteiger partial charge in [0.05, 0.1) is 11.3 Å². The first-order valence-corrected chi connectivity index (χ1v) is 21.5. The number of allylic oxidation sites excluding steroid dienone is 3. The fourth-order valence-electron chi connectivity index (χ4n) is 11.8. The number of hydrogen-bond donors (Lipinski definition) is 3. The number of likely N-dealkylation sites (tertiary alicyclic amines) is 1. The molecule has 0 bridgehead atoms. The number of benzene rings is 2. The molecular formula is C48H57N5O5. The van der Waals surface area contributed by atoms with Gasteiger partial charge in [0.15, 0.2) is 5.82 Å². The Bertz CT molecular complexity index is 2240. The van der Waals surface area contributed by atoms with Crippen molar-refractivity contribution >= 4 is 11.7 Å². The zero-order chi connectivity index (χ0) is 40.3. The number of phenols is 2. The molecule has 5 aliphatic rings. The van der Waals surface area contributed by atoms with Crippen LogP contribution in [-0.2, 0) is 11.2 Å². The number of pyridine rings is 1. The van der Waals surface area contributed by atoms with Crippen LogP contribution < -0.4 is 0 Å². The Kier molecular flexibility index (Phi) is 9.88. The molecule has 58 heavy (non-hydrogen) atoms. The molecule has 4 aromatic rings. The van der Waals surface area contributed by atoms with Crippen LogP contribution in [0.2, 0.25) is 0 Å². The molecule has 0 radical (unpaired) electrons. The van der Waals surface area contributed by atoms with Gasteiger partial charge >= 0.3 is 12.1 Å². The molecular weight excluding hydrogens is 727 g/mol. The van der Waals surface area contributed by atoms with E-state index in [2.05, 4.69) is 53.3 Å². The van der Waals surface area contributed by atoms with Crippen LogP contribution in [-0.4, -0.2) is 65.3 Å². The van der Waals surface area contributed by atoms with Crippen molar-refractivity contribution in [1.82, 2.24) is 24.6 Å². The lowest BCUT2D eigenvalue weighted by atomic mass is 9.47. The van der Waals surface area contributed by atoms with Crippen molar-refractivity contribution in [2.24, 2.45) is 34.5 Å². The van der Waals surface area contributed by atoms with E-state index >= 15 is 0 Å². The Morgan fingerprint density at radius 2 is 1.67 bits per heavy atom. The number of fused-ring (bicyclic) bond motifs is 5. The molecule has 1 saturated heterocycles. The average Bonchev–Trinajstić information content (AvgIpc) is 3.78. The van der Waals surface area contributed by atoms with E-state index in [0.29, 0.717) is 53.6 Å². The van der Waals surface area contributed by atoms with Crippen molar-refractivity contribution < 1.29 is 24.9 Å². The van der Waals surface area contributed by atoms with Gasteiger partial charge in [-0.05, 0) is 145 Å². The Labute approximate surface area is 341 Å². The number of rotatable bonds is 7. The van der Waals surface area contributed by atoms with E-state index in [1.54, 1.807) is 6.07 Å². The molecule has 3 fully saturated rings. The summed E-state index contributed by atoms with van der Waals surface area (Å²) in [6.07, 6.45) is 19.1. The number of aromatic nitrogens is 4. The molecule has 3 N–H and O–H groups in total. The topological polar surface area (TPSA) is 134 Å². The van der Waals surface area contributed by atoms with E-state index < -0.39 is 0 Å². The molecule has 2 aromatic heterocycles. The standard InChI is InChI=1S/C48H57N5O5/c1-29(2)37-26-38(43(55)27-42(37)54)44-50-51-45(56)53(44)34-10-7-30(8-11-34)24-31-17-22-52(23-18-31)46(57)58-35-15-19-47(3)33(25-35)9-12-36-40-14-13-39(32-6-5-21-49-28-32)48(40,4)20-16-41(36)47/h5-11,13,21,26-29,31,35-36,40-41,54-55H,12,14-20,22-25H2,1-4H3,(H,51,56)/t35-,36-,40?,41?,47-,48+/m0/s1. The largest absolute Gasteiger partial charge is 0.508 e. The molecule has 1 aliphatic heterocycles. The van der Waals surface area contributed by atoms with Crippen LogP contribution in [0.4, 0.5) is 4.79 Å². The van der Waals surface area contributed by atoms with Crippen molar-refractivity contribution in [2.75, 3.05) is 13.1 Å². The van der Waals surface area contributed by atoms with Crippen molar-refractivity contribution in [1.29, 1.82) is 0 Å². The summed E-state index contributed by atoms with van der Waals surface area (Å²) < 4.78 is 7.76. The van der Waals surface area contributed by atoms with E-state index in [1.807, 2.05) is 55.4 Å². The summed E-state index contributed by atoms with van der Waals surface area (Å²) >= 11 is 0. The van der Waals surface area contributed by atoms with Gasteiger partial charge in [0.2, 0.25) is 0 Å². The maximum absolute atomic E-state index is 13.5. The first-order chi connectivity index (χ1) is 27.9. The van der Waals surface area contributed by atoms with E-state index in [0.717, 1.165) is 51.4 Å². The van der Waals surface area contributed by atoms with E-state index in [1.165, 1.54) is 45.7 Å². The molecule has 0 spiro atoms. The Hall–Kier alpha value is -5.12. The maximum Gasteiger partial charge on any atom is 0.410 e. The summed E-state index contributed by atoms with van der Waals surface area (Å²) in [5.41, 5.74) is 7.60. The van der Waals surface area contributed by atoms with Crippen molar-refractivity contribution in [3.05, 3.63) is 95.3 Å². The summed E-state index contributed by atoms with van der Waals surface area (Å²) in [6.45, 7) is 10.3. The lowest BCUT2D eigenvalue weighted by molar-refractivity contribution is -0.0302. The molecule has 9 rings (SSSR count). The van der Waals surface area contributed by atoms with Crippen molar-refractivity contribution in [3.63, 3.8) is 0 Å². The molecule has 3 heterocycles. The van der Waals surface area contributed by atoms with Gasteiger partial charge in [-0.3, -0.25) is 4.98 Å². The SMILES string of the molecule is CC(C)c1cc(-c2nnc(O)n2-c2ccc(CC3CCN(C(=O)O[C@H]4CC[C@@]5(C)C(=CC[C@@H]6C5CC[C@]5(C)C(c7cccnc7)=CCC65)C4)CC3)cc2)c(O)cc1O. The molecule has 2 aromatic carbocycles. The summed E-state index contributed by atoms with van der Waals surface area (Å²) in [4.78, 5) is 19.9. The Balaban J connectivity index is 0.784. The van der Waals surface area contributed by atoms with Gasteiger partial charge in [-0.2, -0.15) is 0 Å². The second kappa shape index (κ2) is 14.9. The summed E-state index contributed by atoms with van der Waals surface area (Å²) in [5.74, 6) is 2.66. The normalized spacial score (nSPS) is 28.3. The molecule has 4 aliphatic carbocycles. The number of carbonyl (C=O) groups is 1. The predicted octanol–water partition coefficient (Wildman–Crippen LogP) is 9.99. The Morgan fingerprint density at radius 3 is 2.41 bits per heavy atom. The quantitative estimate of drug-likeness (QED) is 0.158. The van der Waals surface area contributed by atoms with Gasteiger partial charge in [0.25, 0.3) is 0 Å². The number of carbonyl (C=O) groups excluding carboxylic acids is 1. The third-order valence-electron chi connectivity index (χ3n) is 15.1. The van der Waals surface area contributed by atoms with E-state index in [9.17, 15) is 20.1 Å². The minimum Gasteiger partial charge on any atom is -0.508 e. The number of hydrogen-bond acceptors (Lipinski definition) is 8. The highest BCUT2D eigenvalue weighted by Crippen LogP contribution is 2.66. The zero-order valence-corrected chi connectivity index (χ0v) is 34.3. The van der Waals surface area contributed by atoms with Gasteiger partial charge in [-0.1, -0.05) is 68.7 Å². The summed E-state index contributed by atoms with van der Waals surface area (Å²) in [6, 6.07) is 14.9. The average molecular weight is 784 g/mol. The monoisotopic (exact) mass is 783 g/mol. The highest BCUT2D eigenvalue weighted by atomic mass is 16.6. The van der Waals surface area contributed by atoms with Crippen LogP contribution in [0.25, 0.3) is 22.6 Å². The second-order valence-corrected chi connectivity index (χ2v) is 18.6. The Morgan fingerprint density at radius 1 is 0.897 bits per heavy atom. The number of piperidine rings is 1. The smallest absolute Gasteiger partial charge is 0.410 e. The van der Waals surface area contributed by atoms with Gasteiger partial charge in [-0.25, -0.2) is 9.36 Å². The molecule has 1 amide bonds. The molecule has 304 valence electrons. The molecule has 10 heteroatoms. The lowest BCUT2D eigenvalue weighted by Gasteiger charge is -2.58. The van der Waals surface area contributed by atoms with Crippen LogP contribution in [0.1, 0.15) is 108 Å². The fourth-order valence-corrected chi connectivity index (χ4v) is 11.8. The number of nitrogens with zero attached hydrogens (tertiary/aromatic N) is 5. The first kappa shape index (κ1) is 38.4. The van der Waals surface area contributed by atoms with Crippen LogP contribution in [0.5, 0.6) is 17.5 Å². The molecule has 2 unspecified atom stereocenters. The predicted molar refractivity (Wildman–Crippen MR) is 223 cm³/mol.